The largest absolute Gasteiger partial charge is 0.462 e. The second-order valence-corrected chi connectivity index (χ2v) is 12.4. The number of alkyl halides is 2. The molecule has 1 aromatic carbocycles. The molecule has 2 N–H and O–H groups in total. The molecule has 0 bridgehead atoms. The van der Waals surface area contributed by atoms with Crippen LogP contribution in [0.4, 0.5) is 14.6 Å². The Morgan fingerprint density at radius 2 is 1.93 bits per heavy atom. The van der Waals surface area contributed by atoms with Crippen LogP contribution in [0.25, 0.3) is 0 Å². The predicted molar refractivity (Wildman–Crippen MR) is 151 cm³/mol. The van der Waals surface area contributed by atoms with Crippen LogP contribution in [0, 0.1) is 0 Å². The van der Waals surface area contributed by atoms with Crippen LogP contribution in [0.2, 0.25) is 0 Å². The Labute approximate surface area is 247 Å². The summed E-state index contributed by atoms with van der Waals surface area (Å²) in [5.74, 6) is -4.51. The number of aromatic nitrogens is 2. The number of ether oxygens (including phenoxy) is 2. The van der Waals surface area contributed by atoms with Crippen molar-refractivity contribution in [2.45, 2.75) is 76.5 Å². The van der Waals surface area contributed by atoms with Gasteiger partial charge in [-0.25, -0.2) is 18.1 Å². The third kappa shape index (κ3) is 8.45. The van der Waals surface area contributed by atoms with Crippen molar-refractivity contribution in [2.75, 3.05) is 25.5 Å². The maximum Gasteiger partial charge on any atom is 0.459 e. The molecular weight excluding hydrogens is 591 g/mol. The highest BCUT2D eigenvalue weighted by Gasteiger charge is 2.52. The molecule has 1 amide bonds. The van der Waals surface area contributed by atoms with Gasteiger partial charge in [0.2, 0.25) is 12.1 Å². The number of likely N-dealkylation sites (tertiary alicyclic amines) is 1. The molecule has 3 heterocycles. The van der Waals surface area contributed by atoms with E-state index in [0.717, 1.165) is 19.2 Å². The number of rotatable bonds is 12. The van der Waals surface area contributed by atoms with Crippen molar-refractivity contribution in [3.8, 4) is 5.75 Å². The Bertz CT molecular complexity index is 1390. The van der Waals surface area contributed by atoms with Crippen molar-refractivity contribution < 1.29 is 41.5 Å². The van der Waals surface area contributed by atoms with Gasteiger partial charge in [-0.05, 0) is 65.4 Å². The maximum absolute atomic E-state index is 15.1. The van der Waals surface area contributed by atoms with Crippen molar-refractivity contribution >= 4 is 25.4 Å². The van der Waals surface area contributed by atoms with E-state index in [2.05, 4.69) is 15.4 Å². The molecule has 2 aliphatic heterocycles. The number of para-hydroxylation sites is 1. The van der Waals surface area contributed by atoms with Crippen LogP contribution in [-0.4, -0.2) is 76.7 Å². The van der Waals surface area contributed by atoms with Gasteiger partial charge in [-0.15, -0.1) is 0 Å². The predicted octanol–water partition coefficient (Wildman–Crippen LogP) is 3.33. The van der Waals surface area contributed by atoms with Crippen LogP contribution in [0.1, 0.15) is 46.3 Å². The average molecular weight is 628 g/mol. The van der Waals surface area contributed by atoms with Gasteiger partial charge < -0.3 is 19.3 Å². The van der Waals surface area contributed by atoms with E-state index < -0.39 is 62.8 Å². The first-order valence-corrected chi connectivity index (χ1v) is 15.4. The van der Waals surface area contributed by atoms with Gasteiger partial charge in [0.15, 0.2) is 0 Å². The van der Waals surface area contributed by atoms with Crippen LogP contribution in [0.3, 0.4) is 0 Å². The third-order valence-electron chi connectivity index (χ3n) is 6.80. The molecule has 5 unspecified atom stereocenters. The maximum atomic E-state index is 15.1. The lowest BCUT2D eigenvalue weighted by molar-refractivity contribution is -0.149. The number of anilines is 1. The van der Waals surface area contributed by atoms with Gasteiger partial charge in [-0.1, -0.05) is 18.2 Å². The second-order valence-electron chi connectivity index (χ2n) is 10.7. The molecule has 2 fully saturated rings. The number of hydrogen-bond acceptors (Lipinski definition) is 10. The molecule has 1 aromatic heterocycles. The number of esters is 1. The summed E-state index contributed by atoms with van der Waals surface area (Å²) >= 11 is 0. The third-order valence-corrected chi connectivity index (χ3v) is 8.44. The fourth-order valence-corrected chi connectivity index (χ4v) is 6.25. The quantitative estimate of drug-likeness (QED) is 0.264. The summed E-state index contributed by atoms with van der Waals surface area (Å²) in [4.78, 5) is 43.2. The summed E-state index contributed by atoms with van der Waals surface area (Å²) in [5, 5.41) is 5.03. The van der Waals surface area contributed by atoms with Gasteiger partial charge >= 0.3 is 19.4 Å². The number of amides is 1. The minimum atomic E-state index is -4.32. The number of nitrogens with one attached hydrogen (secondary N) is 2. The van der Waals surface area contributed by atoms with Crippen molar-refractivity contribution in [3.05, 3.63) is 53.1 Å². The Morgan fingerprint density at radius 3 is 2.56 bits per heavy atom. The Balaban J connectivity index is 1.44. The lowest BCUT2D eigenvalue weighted by Crippen LogP contribution is -2.38. The van der Waals surface area contributed by atoms with Crippen molar-refractivity contribution in [1.29, 1.82) is 0 Å². The van der Waals surface area contributed by atoms with Crippen molar-refractivity contribution in [3.63, 3.8) is 0 Å². The number of benzene rings is 1. The first kappa shape index (κ1) is 32.7. The normalized spacial score (nSPS) is 23.9. The first-order valence-electron chi connectivity index (χ1n) is 13.9. The van der Waals surface area contributed by atoms with Gasteiger partial charge in [-0.2, -0.15) is 10.1 Å². The molecule has 0 spiro atoms. The van der Waals surface area contributed by atoms with Gasteiger partial charge in [-0.3, -0.25) is 23.6 Å². The molecule has 5 atom stereocenters. The monoisotopic (exact) mass is 627 g/mol. The SMILES string of the molecule is CC(C)OC(=O)C(C)NP(=O)(OCC1CC(F)(F)C(n2ccc(NC(=O)C3CCCN3C)nc2=O)O1)Oc1ccccc1. The van der Waals surface area contributed by atoms with Crippen LogP contribution in [-0.2, 0) is 28.2 Å². The fourth-order valence-electron chi connectivity index (χ4n) is 4.73. The van der Waals surface area contributed by atoms with Crippen LogP contribution in [0.5, 0.6) is 5.75 Å². The highest BCUT2D eigenvalue weighted by molar-refractivity contribution is 7.52. The summed E-state index contributed by atoms with van der Waals surface area (Å²) in [6.07, 6.45) is -2.06. The lowest BCUT2D eigenvalue weighted by Gasteiger charge is -2.24. The summed E-state index contributed by atoms with van der Waals surface area (Å²) < 4.78 is 66.0. The minimum absolute atomic E-state index is 0.0667. The summed E-state index contributed by atoms with van der Waals surface area (Å²) in [7, 11) is -2.51. The number of halogens is 2. The highest BCUT2D eigenvalue weighted by Crippen LogP contribution is 2.47. The Morgan fingerprint density at radius 1 is 1.21 bits per heavy atom. The van der Waals surface area contributed by atoms with Gasteiger partial charge in [0, 0.05) is 12.6 Å². The minimum Gasteiger partial charge on any atom is -0.462 e. The number of nitrogens with zero attached hydrogens (tertiary/aromatic N) is 3. The Kier molecular flexibility index (Phi) is 10.3. The van der Waals surface area contributed by atoms with Gasteiger partial charge in [0.25, 0.3) is 5.92 Å². The molecule has 0 radical (unpaired) electrons. The van der Waals surface area contributed by atoms with E-state index in [0.29, 0.717) is 11.0 Å². The highest BCUT2D eigenvalue weighted by atomic mass is 31.2. The Hall–Kier alpha value is -3.23. The molecule has 2 saturated heterocycles. The number of carbonyl (C=O) groups is 2. The van der Waals surface area contributed by atoms with E-state index in [9.17, 15) is 18.9 Å². The summed E-state index contributed by atoms with van der Waals surface area (Å²) in [6.45, 7) is 4.83. The molecule has 4 rings (SSSR count). The molecule has 2 aromatic rings. The van der Waals surface area contributed by atoms with Gasteiger partial charge in [0.1, 0.15) is 17.6 Å². The fraction of sp³-hybridized carbons (Fsp3) is 0.556. The molecule has 0 saturated carbocycles. The zero-order chi connectivity index (χ0) is 31.4. The van der Waals surface area contributed by atoms with E-state index in [-0.39, 0.29) is 23.5 Å². The molecule has 236 valence electrons. The molecular formula is C27H36F2N5O8P. The van der Waals surface area contributed by atoms with Gasteiger partial charge in [0.05, 0.1) is 24.9 Å². The summed E-state index contributed by atoms with van der Waals surface area (Å²) in [6, 6.07) is 7.69. The average Bonchev–Trinajstić information content (AvgIpc) is 3.49. The smallest absolute Gasteiger partial charge is 0.459 e. The van der Waals surface area contributed by atoms with Crippen LogP contribution >= 0.6 is 7.75 Å². The van der Waals surface area contributed by atoms with E-state index in [1.165, 1.54) is 25.1 Å². The van der Waals surface area contributed by atoms with E-state index in [4.69, 9.17) is 18.5 Å². The van der Waals surface area contributed by atoms with Crippen LogP contribution < -0.4 is 20.6 Å². The van der Waals surface area contributed by atoms with E-state index in [1.807, 2.05) is 11.9 Å². The molecule has 43 heavy (non-hydrogen) atoms. The standard InChI is InChI=1S/C27H36F2N5O8P/c1-17(2)40-24(36)18(3)32-43(38,42-19-9-6-5-7-10-19)39-16-20-15-27(28,29)25(41-20)34-14-12-22(31-26(34)37)30-23(35)21-11-8-13-33(21)4/h5-7,9-10,12,14,17-18,20-21,25H,8,11,13,15-16H2,1-4H3,(H,32,38)(H,30,31,35,37). The molecule has 13 nitrogen and oxygen atoms in total. The van der Waals surface area contributed by atoms with Crippen molar-refractivity contribution in [2.24, 2.45) is 0 Å². The van der Waals surface area contributed by atoms with Crippen molar-refractivity contribution in [1.82, 2.24) is 19.5 Å². The zero-order valence-electron chi connectivity index (χ0n) is 24.3. The summed E-state index contributed by atoms with van der Waals surface area (Å²) in [5.41, 5.74) is -1.05. The molecule has 2 aliphatic rings. The zero-order valence-corrected chi connectivity index (χ0v) is 25.2. The molecule has 0 aliphatic carbocycles. The van der Waals surface area contributed by atoms with E-state index in [1.54, 1.807) is 32.0 Å². The molecule has 16 heteroatoms. The van der Waals surface area contributed by atoms with Crippen LogP contribution in [0.15, 0.2) is 47.4 Å². The topological polar surface area (TPSA) is 150 Å². The second kappa shape index (κ2) is 13.6. The number of carbonyl (C=O) groups excluding carboxylic acids is 2. The first-order chi connectivity index (χ1) is 20.3. The number of hydrogen-bond donors (Lipinski definition) is 2. The van der Waals surface area contributed by atoms with E-state index >= 15 is 8.78 Å². The number of likely N-dealkylation sites (N-methyl/N-ethyl adjacent to an activating group) is 1. The lowest BCUT2D eigenvalue weighted by atomic mass is 10.2.